The summed E-state index contributed by atoms with van der Waals surface area (Å²) in [6.45, 7) is 6.71. The summed E-state index contributed by atoms with van der Waals surface area (Å²) < 4.78 is 6.85. The minimum Gasteiger partial charge on any atom is -0.299 e. The number of imidazole rings is 2. The van der Waals surface area contributed by atoms with E-state index < -0.39 is 0 Å². The van der Waals surface area contributed by atoms with E-state index in [0.29, 0.717) is 0 Å². The zero-order chi connectivity index (χ0) is 18.5. The standard InChI is InChI=1S/C22H20N5/c1-13-9-10-17-20-18(13)19-14(11-23-12-25(19)4)22(2,3)27(20)21-24-15-7-5-6-8-16(15)26(17)21/h5-12H,1-4H3/q+1. The van der Waals surface area contributed by atoms with Crippen molar-refractivity contribution in [1.82, 2.24) is 18.9 Å². The zero-order valence-electron chi connectivity index (χ0n) is 15.9. The first-order valence-electron chi connectivity index (χ1n) is 9.26. The minimum absolute atomic E-state index is 0.257. The summed E-state index contributed by atoms with van der Waals surface area (Å²) in [7, 11) is 2.08. The first-order chi connectivity index (χ1) is 13.0. The van der Waals surface area contributed by atoms with Crippen molar-refractivity contribution >= 4 is 27.8 Å². The Morgan fingerprint density at radius 1 is 1.04 bits per heavy atom. The van der Waals surface area contributed by atoms with Crippen molar-refractivity contribution in [3.8, 4) is 11.3 Å². The minimum atomic E-state index is -0.257. The molecule has 5 heteroatoms. The molecule has 1 aliphatic rings. The lowest BCUT2D eigenvalue weighted by Gasteiger charge is -2.33. The average Bonchev–Trinajstić information content (AvgIpc) is 3.16. The molecule has 0 fully saturated rings. The maximum absolute atomic E-state index is 5.02. The summed E-state index contributed by atoms with van der Waals surface area (Å²) in [6, 6.07) is 12.8. The van der Waals surface area contributed by atoms with E-state index >= 15 is 0 Å². The van der Waals surface area contributed by atoms with Crippen LogP contribution < -0.4 is 4.57 Å². The maximum atomic E-state index is 5.02. The fourth-order valence-electron chi connectivity index (χ4n) is 4.81. The van der Waals surface area contributed by atoms with Gasteiger partial charge in [-0.15, -0.1) is 0 Å². The fraction of sp³-hybridized carbons (Fsp3) is 0.227. The third-order valence-electron chi connectivity index (χ3n) is 6.08. The van der Waals surface area contributed by atoms with Crippen LogP contribution in [0.15, 0.2) is 48.9 Å². The molecule has 0 saturated heterocycles. The lowest BCUT2D eigenvalue weighted by molar-refractivity contribution is -0.664. The van der Waals surface area contributed by atoms with Crippen LogP contribution in [0.5, 0.6) is 0 Å². The van der Waals surface area contributed by atoms with Crippen molar-refractivity contribution in [2.45, 2.75) is 26.3 Å². The first-order valence-corrected chi connectivity index (χ1v) is 9.26. The summed E-state index contributed by atoms with van der Waals surface area (Å²) in [5.41, 5.74) is 9.39. The Morgan fingerprint density at radius 3 is 2.70 bits per heavy atom. The van der Waals surface area contributed by atoms with Gasteiger partial charge in [-0.1, -0.05) is 23.2 Å². The van der Waals surface area contributed by atoms with Crippen LogP contribution in [0, 0.1) is 6.92 Å². The predicted molar refractivity (Wildman–Crippen MR) is 106 cm³/mol. The maximum Gasteiger partial charge on any atom is 0.286 e. The quantitative estimate of drug-likeness (QED) is 0.398. The van der Waals surface area contributed by atoms with E-state index in [9.17, 15) is 0 Å². The number of para-hydroxylation sites is 2. The van der Waals surface area contributed by atoms with Gasteiger partial charge in [-0.25, -0.2) is 9.55 Å². The molecule has 27 heavy (non-hydrogen) atoms. The van der Waals surface area contributed by atoms with Gasteiger partial charge in [-0.2, -0.15) is 0 Å². The van der Waals surface area contributed by atoms with E-state index in [-0.39, 0.29) is 5.54 Å². The highest BCUT2D eigenvalue weighted by atomic mass is 15.2. The molecule has 0 amide bonds. The van der Waals surface area contributed by atoms with Crippen molar-refractivity contribution in [3.05, 3.63) is 60.0 Å². The van der Waals surface area contributed by atoms with Crippen LogP contribution >= 0.6 is 0 Å². The second-order valence-corrected chi connectivity index (χ2v) is 8.02. The molecule has 6 rings (SSSR count). The number of nitrogens with zero attached hydrogens (tertiary/aromatic N) is 5. The van der Waals surface area contributed by atoms with Gasteiger partial charge in [0.25, 0.3) is 6.33 Å². The van der Waals surface area contributed by atoms with Crippen LogP contribution in [0.2, 0.25) is 0 Å². The van der Waals surface area contributed by atoms with Gasteiger partial charge in [0.15, 0.2) is 0 Å². The molecule has 0 spiro atoms. The van der Waals surface area contributed by atoms with Gasteiger partial charge >= 0.3 is 0 Å². The predicted octanol–water partition coefficient (Wildman–Crippen LogP) is 3.73. The van der Waals surface area contributed by atoms with Crippen molar-refractivity contribution < 1.29 is 4.57 Å². The van der Waals surface area contributed by atoms with Crippen LogP contribution in [-0.2, 0) is 12.6 Å². The third kappa shape index (κ3) is 1.59. The van der Waals surface area contributed by atoms with Crippen LogP contribution in [0.25, 0.3) is 39.1 Å². The topological polar surface area (TPSA) is 39.0 Å². The average molecular weight is 354 g/mol. The summed E-state index contributed by atoms with van der Waals surface area (Å²) >= 11 is 0. The molecule has 0 atom stereocenters. The molecule has 4 heterocycles. The van der Waals surface area contributed by atoms with Gasteiger partial charge in [-0.3, -0.25) is 8.97 Å². The highest BCUT2D eigenvalue weighted by Gasteiger charge is 2.40. The van der Waals surface area contributed by atoms with E-state index in [2.05, 4.69) is 76.7 Å². The van der Waals surface area contributed by atoms with Crippen LogP contribution in [0.1, 0.15) is 25.0 Å². The van der Waals surface area contributed by atoms with Crippen LogP contribution in [0.4, 0.5) is 0 Å². The molecule has 0 N–H and O–H groups in total. The zero-order valence-corrected chi connectivity index (χ0v) is 15.9. The van der Waals surface area contributed by atoms with E-state index in [4.69, 9.17) is 4.98 Å². The Labute approximate surface area is 156 Å². The Morgan fingerprint density at radius 2 is 1.85 bits per heavy atom. The Bertz CT molecular complexity index is 1420. The molecular weight excluding hydrogens is 334 g/mol. The van der Waals surface area contributed by atoms with Gasteiger partial charge in [0.05, 0.1) is 45.8 Å². The molecule has 2 aromatic carbocycles. The van der Waals surface area contributed by atoms with Gasteiger partial charge in [-0.05, 0) is 44.5 Å². The summed E-state index contributed by atoms with van der Waals surface area (Å²) in [5, 5.41) is 0. The Balaban J connectivity index is 1.97. The second-order valence-electron chi connectivity index (χ2n) is 8.02. The molecule has 1 aliphatic heterocycles. The number of fused-ring (bicyclic) bond motifs is 7. The Kier molecular flexibility index (Phi) is 2.51. The molecule has 0 bridgehead atoms. The monoisotopic (exact) mass is 354 g/mol. The molecule has 0 saturated carbocycles. The highest BCUT2D eigenvalue weighted by molar-refractivity contribution is 6.01. The van der Waals surface area contributed by atoms with Crippen molar-refractivity contribution in [3.63, 3.8) is 0 Å². The fourth-order valence-corrected chi connectivity index (χ4v) is 4.81. The molecule has 3 aromatic heterocycles. The lowest BCUT2D eigenvalue weighted by atomic mass is 9.85. The lowest BCUT2D eigenvalue weighted by Crippen LogP contribution is -2.40. The molecule has 0 aliphatic carbocycles. The van der Waals surface area contributed by atoms with Gasteiger partial charge in [0, 0.05) is 0 Å². The number of hydrogen-bond acceptors (Lipinski definition) is 2. The summed E-state index contributed by atoms with van der Waals surface area (Å²) in [5.74, 6) is 0.986. The number of aromatic nitrogens is 5. The largest absolute Gasteiger partial charge is 0.299 e. The number of hydrogen-bond donors (Lipinski definition) is 0. The Hall–Kier alpha value is -3.21. The van der Waals surface area contributed by atoms with E-state index in [1.54, 1.807) is 0 Å². The van der Waals surface area contributed by atoms with Crippen LogP contribution in [0.3, 0.4) is 0 Å². The highest BCUT2D eigenvalue weighted by Crippen LogP contribution is 2.46. The molecule has 5 aromatic rings. The smallest absolute Gasteiger partial charge is 0.286 e. The molecule has 132 valence electrons. The SMILES string of the molecule is Cc1ccc2c3c1-c1c(cnc[n+]1C)C(C)(C)n3c1nc3ccccc3n21. The summed E-state index contributed by atoms with van der Waals surface area (Å²) in [4.78, 5) is 9.51. The van der Waals surface area contributed by atoms with E-state index in [0.717, 1.165) is 16.8 Å². The van der Waals surface area contributed by atoms with Crippen molar-refractivity contribution in [2.75, 3.05) is 0 Å². The van der Waals surface area contributed by atoms with Crippen molar-refractivity contribution in [1.29, 1.82) is 0 Å². The summed E-state index contributed by atoms with van der Waals surface area (Å²) in [6.07, 6.45) is 3.90. The number of rotatable bonds is 0. The van der Waals surface area contributed by atoms with Gasteiger partial charge in [0.2, 0.25) is 5.78 Å². The van der Waals surface area contributed by atoms with Gasteiger partial charge < -0.3 is 0 Å². The van der Waals surface area contributed by atoms with E-state index in [1.807, 2.05) is 18.6 Å². The molecule has 5 nitrogen and oxygen atoms in total. The normalized spacial score (nSPS) is 15.0. The third-order valence-corrected chi connectivity index (χ3v) is 6.08. The number of benzene rings is 2. The molecule has 0 radical (unpaired) electrons. The number of aryl methyl sites for hydroxylation is 2. The molecular formula is C22H20N5+. The van der Waals surface area contributed by atoms with Crippen molar-refractivity contribution in [2.24, 2.45) is 7.05 Å². The first kappa shape index (κ1) is 14.9. The molecule has 0 unspecified atom stereocenters. The van der Waals surface area contributed by atoms with Gasteiger partial charge in [0.1, 0.15) is 11.9 Å². The van der Waals surface area contributed by atoms with Crippen LogP contribution in [-0.4, -0.2) is 18.9 Å². The van der Waals surface area contributed by atoms with E-state index in [1.165, 1.54) is 33.4 Å². The second kappa shape index (κ2) is 4.55.